The summed E-state index contributed by atoms with van der Waals surface area (Å²) in [6, 6.07) is 8.16. The van der Waals surface area contributed by atoms with Crippen LogP contribution < -0.4 is 5.73 Å². The van der Waals surface area contributed by atoms with Crippen molar-refractivity contribution >= 4 is 0 Å². The second kappa shape index (κ2) is 4.53. The van der Waals surface area contributed by atoms with Crippen molar-refractivity contribution in [1.29, 1.82) is 0 Å². The predicted molar refractivity (Wildman–Crippen MR) is 63.0 cm³/mol. The van der Waals surface area contributed by atoms with Gasteiger partial charge in [-0.05, 0) is 6.92 Å². The van der Waals surface area contributed by atoms with E-state index in [1.165, 1.54) is 5.56 Å². The van der Waals surface area contributed by atoms with Crippen LogP contribution in [0.5, 0.6) is 0 Å². The van der Waals surface area contributed by atoms with Crippen LogP contribution in [0.25, 0.3) is 0 Å². The highest BCUT2D eigenvalue weighted by Crippen LogP contribution is 2.31. The molecule has 1 aromatic carbocycles. The van der Waals surface area contributed by atoms with E-state index in [1.54, 1.807) is 0 Å². The molecule has 0 spiro atoms. The fraction of sp³-hybridized carbons (Fsp3) is 0.538. The molecule has 2 N–H and O–H groups in total. The highest BCUT2D eigenvalue weighted by molar-refractivity contribution is 5.25. The van der Waals surface area contributed by atoms with Gasteiger partial charge in [-0.15, -0.1) is 0 Å². The largest absolute Gasteiger partial charge is 0.344 e. The molecule has 1 heterocycles. The van der Waals surface area contributed by atoms with Crippen LogP contribution in [0, 0.1) is 12.8 Å². The van der Waals surface area contributed by atoms with E-state index in [0.29, 0.717) is 25.7 Å². The van der Waals surface area contributed by atoms with Crippen molar-refractivity contribution in [3.05, 3.63) is 35.4 Å². The van der Waals surface area contributed by atoms with E-state index in [2.05, 4.69) is 26.0 Å². The van der Waals surface area contributed by atoms with E-state index < -0.39 is 5.79 Å². The lowest BCUT2D eigenvalue weighted by Gasteiger charge is -2.38. The minimum absolute atomic E-state index is 0.350. The molecule has 0 bridgehead atoms. The molecule has 3 heteroatoms. The molecule has 1 saturated heterocycles. The number of hydrogen-bond donors (Lipinski definition) is 1. The van der Waals surface area contributed by atoms with Gasteiger partial charge in [-0.1, -0.05) is 36.8 Å². The van der Waals surface area contributed by atoms with Gasteiger partial charge in [-0.3, -0.25) is 0 Å². The fourth-order valence-electron chi connectivity index (χ4n) is 1.85. The summed E-state index contributed by atoms with van der Waals surface area (Å²) >= 11 is 0. The first-order valence-corrected chi connectivity index (χ1v) is 5.71. The fourth-order valence-corrected chi connectivity index (χ4v) is 1.85. The van der Waals surface area contributed by atoms with Crippen LogP contribution in [0.1, 0.15) is 18.1 Å². The summed E-state index contributed by atoms with van der Waals surface area (Å²) in [4.78, 5) is 0. The normalized spacial score (nSPS) is 30.3. The summed E-state index contributed by atoms with van der Waals surface area (Å²) in [6.45, 7) is 5.91. The van der Waals surface area contributed by atoms with Gasteiger partial charge in [0.2, 0.25) is 5.79 Å². The molecule has 0 atom stereocenters. The molecule has 1 aliphatic rings. The third-order valence-corrected chi connectivity index (χ3v) is 2.96. The van der Waals surface area contributed by atoms with Gasteiger partial charge >= 0.3 is 0 Å². The number of ether oxygens (including phenoxy) is 2. The van der Waals surface area contributed by atoms with Gasteiger partial charge in [-0.2, -0.15) is 0 Å². The molecule has 0 amide bonds. The van der Waals surface area contributed by atoms with E-state index >= 15 is 0 Å². The van der Waals surface area contributed by atoms with Crippen molar-refractivity contribution in [2.75, 3.05) is 19.8 Å². The maximum absolute atomic E-state index is 5.81. The van der Waals surface area contributed by atoms with Gasteiger partial charge in [0.1, 0.15) is 0 Å². The van der Waals surface area contributed by atoms with E-state index in [1.807, 2.05) is 12.1 Å². The molecule has 0 radical (unpaired) electrons. The minimum Gasteiger partial charge on any atom is -0.344 e. The Hall–Kier alpha value is -0.900. The smallest absolute Gasteiger partial charge is 0.207 e. The Kier molecular flexibility index (Phi) is 3.28. The maximum atomic E-state index is 5.81. The average molecular weight is 221 g/mol. The highest BCUT2D eigenvalue weighted by atomic mass is 16.7. The Balaban J connectivity index is 2.24. The molecule has 1 aromatic rings. The van der Waals surface area contributed by atoms with Gasteiger partial charge in [0.15, 0.2) is 0 Å². The Morgan fingerprint density at radius 2 is 1.81 bits per heavy atom. The van der Waals surface area contributed by atoms with Crippen molar-refractivity contribution < 1.29 is 9.47 Å². The SMILES string of the molecule is Cc1ccc(C2(CN)OCC(C)CO2)cc1. The zero-order chi connectivity index (χ0) is 11.6. The predicted octanol–water partition coefficient (Wildman–Crippen LogP) is 1.79. The Morgan fingerprint density at radius 1 is 1.25 bits per heavy atom. The zero-order valence-electron chi connectivity index (χ0n) is 9.90. The van der Waals surface area contributed by atoms with E-state index in [-0.39, 0.29) is 0 Å². The standard InChI is InChI=1S/C13H19NO2/c1-10-3-5-12(6-4-10)13(9-14)15-7-11(2)8-16-13/h3-6,11H,7-9,14H2,1-2H3. The number of benzene rings is 1. The molecule has 2 rings (SSSR count). The minimum atomic E-state index is -0.736. The summed E-state index contributed by atoms with van der Waals surface area (Å²) in [5, 5.41) is 0. The monoisotopic (exact) mass is 221 g/mol. The van der Waals surface area contributed by atoms with Gasteiger partial charge in [-0.25, -0.2) is 0 Å². The van der Waals surface area contributed by atoms with Crippen LogP contribution in [0.15, 0.2) is 24.3 Å². The van der Waals surface area contributed by atoms with Crippen molar-refractivity contribution in [2.45, 2.75) is 19.6 Å². The average Bonchev–Trinajstić information content (AvgIpc) is 2.32. The quantitative estimate of drug-likeness (QED) is 0.828. The van der Waals surface area contributed by atoms with E-state index in [0.717, 1.165) is 5.56 Å². The Bertz CT molecular complexity index is 339. The lowest BCUT2D eigenvalue weighted by Crippen LogP contribution is -2.46. The molecule has 16 heavy (non-hydrogen) atoms. The molecule has 0 unspecified atom stereocenters. The van der Waals surface area contributed by atoms with Crippen molar-refractivity contribution in [2.24, 2.45) is 11.7 Å². The van der Waals surface area contributed by atoms with Crippen molar-refractivity contribution in [3.8, 4) is 0 Å². The summed E-state index contributed by atoms with van der Waals surface area (Å²) in [6.07, 6.45) is 0. The molecule has 0 aromatic heterocycles. The first kappa shape index (κ1) is 11.6. The number of hydrogen-bond acceptors (Lipinski definition) is 3. The molecule has 1 aliphatic heterocycles. The maximum Gasteiger partial charge on any atom is 0.207 e. The third kappa shape index (κ3) is 2.12. The van der Waals surface area contributed by atoms with Gasteiger partial charge in [0, 0.05) is 11.5 Å². The summed E-state index contributed by atoms with van der Waals surface area (Å²) in [5.41, 5.74) is 8.03. The zero-order valence-corrected chi connectivity index (χ0v) is 9.90. The molecule has 0 saturated carbocycles. The molecule has 0 aliphatic carbocycles. The topological polar surface area (TPSA) is 44.5 Å². The number of aryl methyl sites for hydroxylation is 1. The summed E-state index contributed by atoms with van der Waals surface area (Å²) in [7, 11) is 0. The van der Waals surface area contributed by atoms with Crippen LogP contribution in [0.2, 0.25) is 0 Å². The van der Waals surface area contributed by atoms with Crippen molar-refractivity contribution in [1.82, 2.24) is 0 Å². The third-order valence-electron chi connectivity index (χ3n) is 2.96. The Morgan fingerprint density at radius 3 is 2.31 bits per heavy atom. The van der Waals surface area contributed by atoms with Gasteiger partial charge in [0.05, 0.1) is 19.8 Å². The first-order valence-electron chi connectivity index (χ1n) is 5.71. The van der Waals surface area contributed by atoms with Crippen molar-refractivity contribution in [3.63, 3.8) is 0 Å². The van der Waals surface area contributed by atoms with Crippen LogP contribution >= 0.6 is 0 Å². The number of nitrogens with two attached hydrogens (primary N) is 1. The van der Waals surface area contributed by atoms with Crippen LogP contribution in [-0.4, -0.2) is 19.8 Å². The van der Waals surface area contributed by atoms with Gasteiger partial charge in [0.25, 0.3) is 0 Å². The molecular formula is C13H19NO2. The summed E-state index contributed by atoms with van der Waals surface area (Å²) < 4.78 is 11.6. The van der Waals surface area contributed by atoms with E-state index in [4.69, 9.17) is 15.2 Å². The highest BCUT2D eigenvalue weighted by Gasteiger charge is 2.37. The van der Waals surface area contributed by atoms with Crippen LogP contribution in [-0.2, 0) is 15.3 Å². The number of rotatable bonds is 2. The van der Waals surface area contributed by atoms with Crippen LogP contribution in [0.4, 0.5) is 0 Å². The second-order valence-electron chi connectivity index (χ2n) is 4.55. The lowest BCUT2D eigenvalue weighted by atomic mass is 10.0. The molecular weight excluding hydrogens is 202 g/mol. The summed E-state index contributed by atoms with van der Waals surface area (Å²) in [5.74, 6) is -0.301. The van der Waals surface area contributed by atoms with E-state index in [9.17, 15) is 0 Å². The van der Waals surface area contributed by atoms with Gasteiger partial charge < -0.3 is 15.2 Å². The molecule has 3 nitrogen and oxygen atoms in total. The van der Waals surface area contributed by atoms with Crippen LogP contribution in [0.3, 0.4) is 0 Å². The molecule has 88 valence electrons. The lowest BCUT2D eigenvalue weighted by molar-refractivity contribution is -0.284. The first-order chi connectivity index (χ1) is 7.66. The second-order valence-corrected chi connectivity index (χ2v) is 4.55. The Labute approximate surface area is 96.5 Å². The molecule has 1 fully saturated rings.